The summed E-state index contributed by atoms with van der Waals surface area (Å²) >= 11 is 0. The molecule has 0 heteroatoms. The molecule has 7 atom stereocenters. The second kappa shape index (κ2) is 7.31. The first-order valence-corrected chi connectivity index (χ1v) is 12.6. The average Bonchev–Trinajstić information content (AvgIpc) is 2.83. The average molecular weight is 383 g/mol. The molecule has 4 aliphatic rings. The zero-order chi connectivity index (χ0) is 20.2. The third-order valence-electron chi connectivity index (χ3n) is 11.0. The molecule has 3 unspecified atom stereocenters. The van der Waals surface area contributed by atoms with Gasteiger partial charge in [-0.3, -0.25) is 0 Å². The van der Waals surface area contributed by atoms with Gasteiger partial charge in [0.05, 0.1) is 0 Å². The smallest absolute Gasteiger partial charge is 0.00851 e. The Bertz CT molecular complexity index is 653. The van der Waals surface area contributed by atoms with E-state index in [-0.39, 0.29) is 0 Å². The Kier molecular flexibility index (Phi) is 5.42. The van der Waals surface area contributed by atoms with Crippen molar-refractivity contribution in [2.75, 3.05) is 0 Å². The Balaban J connectivity index is 1.65. The highest BCUT2D eigenvalue weighted by Gasteiger charge is 2.57. The number of allylic oxidation sites excluding steroid dienone is 4. The van der Waals surface area contributed by atoms with E-state index in [1.54, 1.807) is 5.57 Å². The third-order valence-corrected chi connectivity index (χ3v) is 11.0. The van der Waals surface area contributed by atoms with Crippen LogP contribution in [0.25, 0.3) is 0 Å². The van der Waals surface area contributed by atoms with Crippen molar-refractivity contribution >= 4 is 0 Å². The fourth-order valence-electron chi connectivity index (χ4n) is 8.51. The van der Waals surface area contributed by atoms with Crippen LogP contribution >= 0.6 is 0 Å². The monoisotopic (exact) mass is 382 g/mol. The first-order valence-electron chi connectivity index (χ1n) is 12.6. The van der Waals surface area contributed by atoms with Gasteiger partial charge < -0.3 is 0 Å². The number of hydrogen-bond acceptors (Lipinski definition) is 0. The van der Waals surface area contributed by atoms with Crippen LogP contribution in [-0.4, -0.2) is 0 Å². The van der Waals surface area contributed by atoms with Crippen LogP contribution < -0.4 is 0 Å². The van der Waals surface area contributed by atoms with Gasteiger partial charge in [0, 0.05) is 0 Å². The molecule has 0 aliphatic heterocycles. The van der Waals surface area contributed by atoms with Crippen molar-refractivity contribution in [3.8, 4) is 0 Å². The Morgan fingerprint density at radius 1 is 1.04 bits per heavy atom. The molecule has 0 amide bonds. The molecule has 0 heterocycles. The van der Waals surface area contributed by atoms with Crippen molar-refractivity contribution in [2.45, 2.75) is 112 Å². The van der Waals surface area contributed by atoms with E-state index in [0.29, 0.717) is 16.2 Å². The molecule has 0 aromatic heterocycles. The van der Waals surface area contributed by atoms with E-state index in [0.717, 1.165) is 23.7 Å². The quantitative estimate of drug-likeness (QED) is 0.419. The molecule has 158 valence electrons. The number of hydrogen-bond donors (Lipinski definition) is 0. The molecule has 4 aliphatic carbocycles. The second-order valence-electron chi connectivity index (χ2n) is 12.0. The van der Waals surface area contributed by atoms with Crippen molar-refractivity contribution in [2.24, 2.45) is 39.9 Å². The van der Waals surface area contributed by atoms with Crippen LogP contribution in [0.15, 0.2) is 23.3 Å². The molecule has 0 spiro atoms. The van der Waals surface area contributed by atoms with Crippen LogP contribution in [0.3, 0.4) is 0 Å². The van der Waals surface area contributed by atoms with Gasteiger partial charge in [-0.25, -0.2) is 0 Å². The zero-order valence-corrected chi connectivity index (χ0v) is 19.7. The number of rotatable bonds is 2. The summed E-state index contributed by atoms with van der Waals surface area (Å²) in [4.78, 5) is 0. The van der Waals surface area contributed by atoms with Gasteiger partial charge in [-0.05, 0) is 112 Å². The van der Waals surface area contributed by atoms with Crippen LogP contribution in [0.1, 0.15) is 112 Å². The Morgan fingerprint density at radius 2 is 1.82 bits per heavy atom. The lowest BCUT2D eigenvalue weighted by molar-refractivity contribution is -0.0820. The predicted octanol–water partition coefficient (Wildman–Crippen LogP) is 8.73. The summed E-state index contributed by atoms with van der Waals surface area (Å²) in [5.41, 5.74) is 5.18. The first-order chi connectivity index (χ1) is 13.3. The number of fused-ring (bicyclic) bond motifs is 5. The SMILES string of the molecule is CC=C(C)C1CCC[C@H]2C3CC=C4CC[C@](C)(CC)CC[C@]4(C)[C@H]3CCC12C. The molecule has 0 aromatic carbocycles. The van der Waals surface area contributed by atoms with Gasteiger partial charge in [-0.1, -0.05) is 63.8 Å². The first kappa shape index (κ1) is 20.7. The fourth-order valence-corrected chi connectivity index (χ4v) is 8.51. The fraction of sp³-hybridized carbons (Fsp3) is 0.857. The molecule has 0 nitrogen and oxygen atoms in total. The van der Waals surface area contributed by atoms with E-state index in [1.165, 1.54) is 70.6 Å². The van der Waals surface area contributed by atoms with E-state index in [2.05, 4.69) is 53.7 Å². The van der Waals surface area contributed by atoms with Crippen LogP contribution in [0.2, 0.25) is 0 Å². The van der Waals surface area contributed by atoms with Gasteiger partial charge in [0.1, 0.15) is 0 Å². The van der Waals surface area contributed by atoms with Gasteiger partial charge >= 0.3 is 0 Å². The van der Waals surface area contributed by atoms with E-state index in [1.807, 2.05) is 5.57 Å². The standard InChI is InChI=1S/C28H46/c1-7-20(3)23-10-9-11-24-22-13-12-21-14-16-26(4,8-2)18-19-27(21,5)25(22)15-17-28(23,24)6/h7,12,22-25H,8-11,13-19H2,1-6H3/t22?,23?,24-,25-,26-,27-,28?/m0/s1. The van der Waals surface area contributed by atoms with Gasteiger partial charge in [0.2, 0.25) is 0 Å². The van der Waals surface area contributed by atoms with Crippen molar-refractivity contribution < 1.29 is 0 Å². The van der Waals surface area contributed by atoms with E-state index in [9.17, 15) is 0 Å². The van der Waals surface area contributed by atoms with Gasteiger partial charge in [-0.2, -0.15) is 0 Å². The minimum Gasteiger partial charge on any atom is -0.0884 e. The van der Waals surface area contributed by atoms with E-state index < -0.39 is 0 Å². The topological polar surface area (TPSA) is 0 Å². The Hall–Kier alpha value is -0.520. The molecule has 3 fully saturated rings. The van der Waals surface area contributed by atoms with Crippen molar-refractivity contribution in [3.05, 3.63) is 23.3 Å². The van der Waals surface area contributed by atoms with Crippen LogP contribution in [0, 0.1) is 39.9 Å². The molecule has 28 heavy (non-hydrogen) atoms. The maximum Gasteiger partial charge on any atom is -0.00851 e. The maximum absolute atomic E-state index is 2.76. The summed E-state index contributed by atoms with van der Waals surface area (Å²) < 4.78 is 0. The van der Waals surface area contributed by atoms with Crippen LogP contribution in [0.5, 0.6) is 0 Å². The highest BCUT2D eigenvalue weighted by molar-refractivity contribution is 5.25. The molecular weight excluding hydrogens is 336 g/mol. The zero-order valence-electron chi connectivity index (χ0n) is 19.7. The highest BCUT2D eigenvalue weighted by atomic mass is 14.6. The van der Waals surface area contributed by atoms with Crippen molar-refractivity contribution in [1.29, 1.82) is 0 Å². The minimum atomic E-state index is 0.500. The summed E-state index contributed by atoms with van der Waals surface area (Å²) in [7, 11) is 0. The summed E-state index contributed by atoms with van der Waals surface area (Å²) in [6.45, 7) is 15.1. The normalized spacial score (nSPS) is 49.4. The lowest BCUT2D eigenvalue weighted by atomic mass is 9.44. The van der Waals surface area contributed by atoms with Crippen LogP contribution in [0.4, 0.5) is 0 Å². The lowest BCUT2D eigenvalue weighted by Crippen LogP contribution is -2.53. The molecule has 0 N–H and O–H groups in total. The van der Waals surface area contributed by atoms with Gasteiger partial charge in [-0.15, -0.1) is 0 Å². The van der Waals surface area contributed by atoms with Crippen molar-refractivity contribution in [1.82, 2.24) is 0 Å². The van der Waals surface area contributed by atoms with E-state index in [4.69, 9.17) is 0 Å². The molecule has 0 saturated heterocycles. The maximum atomic E-state index is 2.76. The van der Waals surface area contributed by atoms with E-state index >= 15 is 0 Å². The predicted molar refractivity (Wildman–Crippen MR) is 122 cm³/mol. The summed E-state index contributed by atoms with van der Waals surface area (Å²) in [5, 5.41) is 0. The molecule has 3 saturated carbocycles. The molecule has 0 radical (unpaired) electrons. The minimum absolute atomic E-state index is 0.500. The lowest BCUT2D eigenvalue weighted by Gasteiger charge is -2.61. The van der Waals surface area contributed by atoms with Gasteiger partial charge in [0.25, 0.3) is 0 Å². The molecule has 4 rings (SSSR count). The summed E-state index contributed by atoms with van der Waals surface area (Å²) in [6.07, 6.45) is 21.0. The second-order valence-corrected chi connectivity index (χ2v) is 12.0. The highest BCUT2D eigenvalue weighted by Crippen LogP contribution is 2.66. The Labute approximate surface area is 175 Å². The molecule has 0 aromatic rings. The van der Waals surface area contributed by atoms with Crippen molar-refractivity contribution in [3.63, 3.8) is 0 Å². The summed E-state index contributed by atoms with van der Waals surface area (Å²) in [5.74, 6) is 3.70. The Morgan fingerprint density at radius 3 is 2.54 bits per heavy atom. The van der Waals surface area contributed by atoms with Gasteiger partial charge in [0.15, 0.2) is 0 Å². The third kappa shape index (κ3) is 3.07. The molecule has 0 bridgehead atoms. The van der Waals surface area contributed by atoms with Crippen LogP contribution in [-0.2, 0) is 0 Å². The summed E-state index contributed by atoms with van der Waals surface area (Å²) in [6, 6.07) is 0. The largest absolute Gasteiger partial charge is 0.0884 e. The molecular formula is C28H46.